The molecule has 0 amide bonds. The van der Waals surface area contributed by atoms with E-state index in [0.29, 0.717) is 0 Å². The van der Waals surface area contributed by atoms with Gasteiger partial charge in [0.1, 0.15) is 0 Å². The highest BCUT2D eigenvalue weighted by atomic mass is 79.9. The number of nitrogens with zero attached hydrogens (tertiary/aromatic N) is 1. The van der Waals surface area contributed by atoms with Crippen LogP contribution in [0.3, 0.4) is 0 Å². The molecule has 0 aliphatic rings. The van der Waals surface area contributed by atoms with E-state index in [0.717, 1.165) is 25.8 Å². The molecule has 0 bridgehead atoms. The van der Waals surface area contributed by atoms with Crippen LogP contribution in [0.15, 0.2) is 62.6 Å². The van der Waals surface area contributed by atoms with Gasteiger partial charge in [0.05, 0.1) is 5.71 Å². The van der Waals surface area contributed by atoms with Gasteiger partial charge in [0, 0.05) is 20.1 Å². The van der Waals surface area contributed by atoms with Gasteiger partial charge >= 0.3 is 0 Å². The standard InChI is InChI=1S/C14H11Br2N3S/c15-11-5-1-9(2-6-11)13(18-19-14(17)20)10-3-7-12(16)8-4-10/h1-8H,(H3,17,19,20). The predicted molar refractivity (Wildman–Crippen MR) is 93.8 cm³/mol. The van der Waals surface area contributed by atoms with Crippen molar-refractivity contribution in [2.75, 3.05) is 0 Å². The third-order valence-electron chi connectivity index (χ3n) is 2.51. The Kier molecular flexibility index (Phi) is 5.28. The van der Waals surface area contributed by atoms with Crippen molar-refractivity contribution in [3.05, 3.63) is 68.6 Å². The Morgan fingerprint density at radius 2 is 1.30 bits per heavy atom. The fourth-order valence-corrected chi connectivity index (χ4v) is 2.20. The first-order valence-electron chi connectivity index (χ1n) is 5.71. The van der Waals surface area contributed by atoms with E-state index in [2.05, 4.69) is 42.4 Å². The Hall–Kier alpha value is -1.24. The van der Waals surface area contributed by atoms with E-state index in [9.17, 15) is 0 Å². The maximum atomic E-state index is 5.44. The molecule has 0 unspecified atom stereocenters. The number of nitrogens with one attached hydrogen (secondary N) is 1. The molecule has 102 valence electrons. The first-order chi connectivity index (χ1) is 9.56. The second kappa shape index (κ2) is 6.97. The second-order valence-corrected chi connectivity index (χ2v) is 6.22. The Balaban J connectivity index is 2.44. The molecule has 0 aliphatic carbocycles. The zero-order chi connectivity index (χ0) is 14.5. The van der Waals surface area contributed by atoms with Gasteiger partial charge in [0.25, 0.3) is 0 Å². The first-order valence-corrected chi connectivity index (χ1v) is 7.70. The lowest BCUT2D eigenvalue weighted by Crippen LogP contribution is -2.26. The van der Waals surface area contributed by atoms with Crippen molar-refractivity contribution in [1.82, 2.24) is 5.43 Å². The highest BCUT2D eigenvalue weighted by Gasteiger charge is 2.07. The number of thiocarbonyl (C=S) groups is 1. The zero-order valence-electron chi connectivity index (χ0n) is 10.3. The summed E-state index contributed by atoms with van der Waals surface area (Å²) in [5.41, 5.74) is 10.8. The Morgan fingerprint density at radius 3 is 1.65 bits per heavy atom. The van der Waals surface area contributed by atoms with Crippen molar-refractivity contribution in [3.8, 4) is 0 Å². The molecule has 3 N–H and O–H groups in total. The van der Waals surface area contributed by atoms with Gasteiger partial charge in [-0.3, -0.25) is 5.43 Å². The minimum atomic E-state index is 0.136. The van der Waals surface area contributed by atoms with E-state index in [4.69, 9.17) is 18.0 Å². The van der Waals surface area contributed by atoms with Crippen LogP contribution in [0.2, 0.25) is 0 Å². The Bertz CT molecular complexity index is 589. The minimum Gasteiger partial charge on any atom is -0.375 e. The van der Waals surface area contributed by atoms with Gasteiger partial charge in [-0.25, -0.2) is 0 Å². The highest BCUT2D eigenvalue weighted by molar-refractivity contribution is 9.10. The summed E-state index contributed by atoms with van der Waals surface area (Å²) in [5, 5.41) is 4.43. The van der Waals surface area contributed by atoms with Crippen molar-refractivity contribution in [2.45, 2.75) is 0 Å². The molecule has 0 aliphatic heterocycles. The summed E-state index contributed by atoms with van der Waals surface area (Å²) < 4.78 is 2.03. The molecule has 0 aromatic heterocycles. The van der Waals surface area contributed by atoms with E-state index in [1.807, 2.05) is 48.5 Å². The van der Waals surface area contributed by atoms with E-state index in [1.165, 1.54) is 0 Å². The molecule has 6 heteroatoms. The molecular weight excluding hydrogens is 402 g/mol. The van der Waals surface area contributed by atoms with Gasteiger partial charge in [-0.2, -0.15) is 5.10 Å². The number of hydrazone groups is 1. The Labute approximate surface area is 139 Å². The largest absolute Gasteiger partial charge is 0.375 e. The highest BCUT2D eigenvalue weighted by Crippen LogP contribution is 2.17. The summed E-state index contributed by atoms with van der Waals surface area (Å²) in [5.74, 6) is 0. The maximum absolute atomic E-state index is 5.44. The summed E-state index contributed by atoms with van der Waals surface area (Å²) in [6.45, 7) is 0. The predicted octanol–water partition coefficient (Wildman–Crippen LogP) is 3.80. The lowest BCUT2D eigenvalue weighted by atomic mass is 10.0. The first kappa shape index (κ1) is 15.2. The Morgan fingerprint density at radius 1 is 0.900 bits per heavy atom. The number of rotatable bonds is 3. The van der Waals surface area contributed by atoms with Crippen molar-refractivity contribution < 1.29 is 0 Å². The van der Waals surface area contributed by atoms with Crippen LogP contribution in [0, 0.1) is 0 Å². The zero-order valence-corrected chi connectivity index (χ0v) is 14.3. The third-order valence-corrected chi connectivity index (χ3v) is 3.66. The van der Waals surface area contributed by atoms with Gasteiger partial charge in [0.15, 0.2) is 5.11 Å². The van der Waals surface area contributed by atoms with E-state index in [-0.39, 0.29) is 5.11 Å². The van der Waals surface area contributed by atoms with Crippen LogP contribution >= 0.6 is 44.1 Å². The molecule has 0 fully saturated rings. The van der Waals surface area contributed by atoms with Crippen LogP contribution in [0.4, 0.5) is 0 Å². The number of benzene rings is 2. The van der Waals surface area contributed by atoms with Gasteiger partial charge < -0.3 is 5.73 Å². The van der Waals surface area contributed by atoms with Crippen LogP contribution in [0.1, 0.15) is 11.1 Å². The number of hydrogen-bond acceptors (Lipinski definition) is 2. The van der Waals surface area contributed by atoms with Crippen molar-refractivity contribution >= 4 is 54.9 Å². The van der Waals surface area contributed by atoms with Crippen LogP contribution in [0.25, 0.3) is 0 Å². The summed E-state index contributed by atoms with van der Waals surface area (Å²) in [7, 11) is 0. The van der Waals surface area contributed by atoms with Crippen LogP contribution in [-0.4, -0.2) is 10.8 Å². The summed E-state index contributed by atoms with van der Waals surface area (Å²) in [6, 6.07) is 15.8. The number of hydrogen-bond donors (Lipinski definition) is 2. The quantitative estimate of drug-likeness (QED) is 0.458. The van der Waals surface area contributed by atoms with Crippen LogP contribution in [0.5, 0.6) is 0 Å². The van der Waals surface area contributed by atoms with Crippen LogP contribution in [-0.2, 0) is 0 Å². The molecule has 0 saturated carbocycles. The van der Waals surface area contributed by atoms with Gasteiger partial charge in [-0.1, -0.05) is 56.1 Å². The number of halogens is 2. The lowest BCUT2D eigenvalue weighted by Gasteiger charge is -2.08. The van der Waals surface area contributed by atoms with Crippen molar-refractivity contribution in [3.63, 3.8) is 0 Å². The maximum Gasteiger partial charge on any atom is 0.184 e. The number of nitrogens with two attached hydrogens (primary N) is 1. The molecule has 2 rings (SSSR count). The second-order valence-electron chi connectivity index (χ2n) is 3.95. The fraction of sp³-hybridized carbons (Fsp3) is 0. The van der Waals surface area contributed by atoms with E-state index in [1.54, 1.807) is 0 Å². The molecular formula is C14H11Br2N3S. The molecule has 0 radical (unpaired) electrons. The van der Waals surface area contributed by atoms with Gasteiger partial charge in [0.2, 0.25) is 0 Å². The van der Waals surface area contributed by atoms with Crippen LogP contribution < -0.4 is 11.2 Å². The molecule has 3 nitrogen and oxygen atoms in total. The van der Waals surface area contributed by atoms with Crippen molar-refractivity contribution in [2.24, 2.45) is 10.8 Å². The molecule has 20 heavy (non-hydrogen) atoms. The van der Waals surface area contributed by atoms with Gasteiger partial charge in [-0.15, -0.1) is 0 Å². The van der Waals surface area contributed by atoms with Crippen molar-refractivity contribution in [1.29, 1.82) is 0 Å². The van der Waals surface area contributed by atoms with E-state index >= 15 is 0 Å². The molecule has 2 aromatic rings. The fourth-order valence-electron chi connectivity index (χ4n) is 1.62. The third kappa shape index (κ3) is 4.13. The van der Waals surface area contributed by atoms with Gasteiger partial charge in [-0.05, 0) is 36.5 Å². The molecule has 0 spiro atoms. The average molecular weight is 413 g/mol. The average Bonchev–Trinajstić information content (AvgIpc) is 2.42. The topological polar surface area (TPSA) is 50.4 Å². The molecule has 0 saturated heterocycles. The molecule has 0 atom stereocenters. The normalized spacial score (nSPS) is 9.90. The summed E-state index contributed by atoms with van der Waals surface area (Å²) >= 11 is 11.6. The monoisotopic (exact) mass is 411 g/mol. The molecule has 2 aromatic carbocycles. The van der Waals surface area contributed by atoms with E-state index < -0.39 is 0 Å². The minimum absolute atomic E-state index is 0.136. The lowest BCUT2D eigenvalue weighted by molar-refractivity contribution is 1.03. The summed E-state index contributed by atoms with van der Waals surface area (Å²) in [4.78, 5) is 0. The molecule has 0 heterocycles. The summed E-state index contributed by atoms with van der Waals surface area (Å²) in [6.07, 6.45) is 0. The SMILES string of the molecule is NC(=S)NN=C(c1ccc(Br)cc1)c1ccc(Br)cc1. The smallest absolute Gasteiger partial charge is 0.184 e.